The van der Waals surface area contributed by atoms with E-state index in [1.54, 1.807) is 24.3 Å². The standard InChI is InChI=1S/C13H9NO4S/c14-7-9-1-3-10(4-2-9)8-19(17)12-6-5-11(18-12)13(15)16/h1-6H,8H2,(H,15,16). The molecular weight excluding hydrogens is 266 g/mol. The molecule has 1 unspecified atom stereocenters. The number of aromatic carboxylic acids is 1. The van der Waals surface area contributed by atoms with Crippen LogP contribution in [0.1, 0.15) is 21.7 Å². The number of nitrogens with zero attached hydrogens (tertiary/aromatic N) is 1. The minimum Gasteiger partial charge on any atom is -0.475 e. The van der Waals surface area contributed by atoms with Crippen LogP contribution in [0.3, 0.4) is 0 Å². The van der Waals surface area contributed by atoms with Crippen LogP contribution in [0.5, 0.6) is 0 Å². The maximum Gasteiger partial charge on any atom is 0.371 e. The van der Waals surface area contributed by atoms with Crippen LogP contribution in [0.25, 0.3) is 0 Å². The molecular formula is C13H9NO4S. The van der Waals surface area contributed by atoms with Crippen molar-refractivity contribution in [2.45, 2.75) is 10.8 Å². The molecule has 1 aromatic carbocycles. The van der Waals surface area contributed by atoms with Gasteiger partial charge in [0.2, 0.25) is 5.76 Å². The number of hydrogen-bond acceptors (Lipinski definition) is 4. The van der Waals surface area contributed by atoms with E-state index in [0.717, 1.165) is 5.56 Å². The first-order valence-corrected chi connectivity index (χ1v) is 6.62. The minimum absolute atomic E-state index is 0.127. The number of nitriles is 1. The van der Waals surface area contributed by atoms with Gasteiger partial charge in [0, 0.05) is 0 Å². The average molecular weight is 275 g/mol. The molecule has 0 saturated carbocycles. The lowest BCUT2D eigenvalue weighted by Gasteiger charge is -1.99. The summed E-state index contributed by atoms with van der Waals surface area (Å²) in [6.07, 6.45) is 0. The van der Waals surface area contributed by atoms with Gasteiger partial charge in [-0.05, 0) is 29.8 Å². The van der Waals surface area contributed by atoms with Crippen molar-refractivity contribution in [3.63, 3.8) is 0 Å². The van der Waals surface area contributed by atoms with E-state index in [4.69, 9.17) is 14.8 Å². The second kappa shape index (κ2) is 5.50. The zero-order valence-corrected chi connectivity index (χ0v) is 10.5. The molecule has 0 aliphatic heterocycles. The molecule has 1 aromatic heterocycles. The summed E-state index contributed by atoms with van der Waals surface area (Å²) in [5, 5.41) is 17.5. The summed E-state index contributed by atoms with van der Waals surface area (Å²) >= 11 is 0. The molecule has 0 aliphatic carbocycles. The van der Waals surface area contributed by atoms with Crippen LogP contribution in [0.2, 0.25) is 0 Å². The van der Waals surface area contributed by atoms with Gasteiger partial charge in [-0.2, -0.15) is 5.26 Å². The molecule has 0 saturated heterocycles. The molecule has 1 atom stereocenters. The van der Waals surface area contributed by atoms with E-state index in [2.05, 4.69) is 0 Å². The van der Waals surface area contributed by atoms with Gasteiger partial charge in [-0.25, -0.2) is 4.79 Å². The highest BCUT2D eigenvalue weighted by molar-refractivity contribution is 7.84. The molecule has 2 aromatic rings. The zero-order valence-electron chi connectivity index (χ0n) is 9.70. The number of benzene rings is 1. The highest BCUT2D eigenvalue weighted by atomic mass is 32.2. The van der Waals surface area contributed by atoms with E-state index in [1.807, 2.05) is 6.07 Å². The van der Waals surface area contributed by atoms with Gasteiger partial charge >= 0.3 is 5.97 Å². The third-order valence-electron chi connectivity index (χ3n) is 2.40. The van der Waals surface area contributed by atoms with Gasteiger partial charge in [0.1, 0.15) is 0 Å². The van der Waals surface area contributed by atoms with E-state index in [1.165, 1.54) is 12.1 Å². The lowest BCUT2D eigenvalue weighted by molar-refractivity contribution is 0.0656. The minimum atomic E-state index is -1.45. The predicted molar refractivity (Wildman–Crippen MR) is 66.9 cm³/mol. The fourth-order valence-corrected chi connectivity index (χ4v) is 2.50. The second-order valence-electron chi connectivity index (χ2n) is 3.72. The topological polar surface area (TPSA) is 91.3 Å². The predicted octanol–water partition coefficient (Wildman–Crippen LogP) is 2.16. The summed E-state index contributed by atoms with van der Waals surface area (Å²) in [5.74, 6) is -1.22. The van der Waals surface area contributed by atoms with Crippen molar-refractivity contribution in [2.24, 2.45) is 0 Å². The first-order valence-electron chi connectivity index (χ1n) is 5.30. The van der Waals surface area contributed by atoms with Crippen LogP contribution in [-0.4, -0.2) is 15.3 Å². The van der Waals surface area contributed by atoms with Crippen LogP contribution in [0.4, 0.5) is 0 Å². The van der Waals surface area contributed by atoms with Gasteiger partial charge in [0.05, 0.1) is 28.2 Å². The monoisotopic (exact) mass is 275 g/mol. The highest BCUT2D eigenvalue weighted by Crippen LogP contribution is 2.16. The number of carboxylic acids is 1. The van der Waals surface area contributed by atoms with Crippen molar-refractivity contribution < 1.29 is 18.5 Å². The van der Waals surface area contributed by atoms with E-state index in [-0.39, 0.29) is 16.6 Å². The Balaban J connectivity index is 2.11. The molecule has 19 heavy (non-hydrogen) atoms. The molecule has 0 spiro atoms. The SMILES string of the molecule is N#Cc1ccc(CS(=O)c2ccc(C(=O)O)o2)cc1. The van der Waals surface area contributed by atoms with Crippen molar-refractivity contribution in [1.82, 2.24) is 0 Å². The zero-order chi connectivity index (χ0) is 13.8. The summed E-state index contributed by atoms with van der Waals surface area (Å²) in [7, 11) is -1.45. The number of carbonyl (C=O) groups is 1. The summed E-state index contributed by atoms with van der Waals surface area (Å²) in [4.78, 5) is 10.6. The quantitative estimate of drug-likeness (QED) is 0.923. The van der Waals surface area contributed by atoms with Crippen molar-refractivity contribution in [3.05, 3.63) is 53.3 Å². The molecule has 0 fully saturated rings. The number of hydrogen-bond donors (Lipinski definition) is 1. The van der Waals surface area contributed by atoms with Crippen molar-refractivity contribution in [2.75, 3.05) is 0 Å². The van der Waals surface area contributed by atoms with E-state index < -0.39 is 16.8 Å². The third-order valence-corrected chi connectivity index (χ3v) is 3.66. The fourth-order valence-electron chi connectivity index (χ4n) is 1.46. The molecule has 2 rings (SSSR count). The molecule has 0 bridgehead atoms. The van der Waals surface area contributed by atoms with Crippen LogP contribution in [-0.2, 0) is 16.6 Å². The van der Waals surface area contributed by atoms with E-state index in [9.17, 15) is 9.00 Å². The van der Waals surface area contributed by atoms with Crippen molar-refractivity contribution in [3.8, 4) is 6.07 Å². The third kappa shape index (κ3) is 3.09. The van der Waals surface area contributed by atoms with Crippen LogP contribution in [0.15, 0.2) is 45.9 Å². The lowest BCUT2D eigenvalue weighted by atomic mass is 10.2. The molecule has 6 heteroatoms. The van der Waals surface area contributed by atoms with E-state index >= 15 is 0 Å². The maximum absolute atomic E-state index is 12.0. The van der Waals surface area contributed by atoms with Crippen LogP contribution >= 0.6 is 0 Å². The Morgan fingerprint density at radius 3 is 2.47 bits per heavy atom. The Hall–Kier alpha value is -2.39. The van der Waals surface area contributed by atoms with Crippen LogP contribution in [0, 0.1) is 11.3 Å². The van der Waals surface area contributed by atoms with E-state index in [0.29, 0.717) is 5.56 Å². The summed E-state index contributed by atoms with van der Waals surface area (Å²) in [6, 6.07) is 11.3. The second-order valence-corrected chi connectivity index (χ2v) is 5.10. The van der Waals surface area contributed by atoms with Gasteiger partial charge in [-0.3, -0.25) is 4.21 Å². The van der Waals surface area contributed by atoms with Gasteiger partial charge in [0.15, 0.2) is 5.09 Å². The molecule has 0 aliphatic rings. The molecule has 0 amide bonds. The number of carboxylic acid groups (broad SMARTS) is 1. The number of rotatable bonds is 4. The first-order chi connectivity index (χ1) is 9.10. The number of furan rings is 1. The Morgan fingerprint density at radius 1 is 1.26 bits per heavy atom. The highest BCUT2D eigenvalue weighted by Gasteiger charge is 2.14. The molecule has 1 N–H and O–H groups in total. The fraction of sp³-hybridized carbons (Fsp3) is 0.0769. The average Bonchev–Trinajstić information content (AvgIpc) is 2.89. The Morgan fingerprint density at radius 2 is 1.95 bits per heavy atom. The lowest BCUT2D eigenvalue weighted by Crippen LogP contribution is -1.96. The van der Waals surface area contributed by atoms with Gasteiger partial charge in [-0.1, -0.05) is 12.1 Å². The summed E-state index contributed by atoms with van der Waals surface area (Å²) in [5.41, 5.74) is 1.31. The Kier molecular flexibility index (Phi) is 3.78. The van der Waals surface area contributed by atoms with Gasteiger partial charge < -0.3 is 9.52 Å². The maximum atomic E-state index is 12.0. The first kappa shape index (κ1) is 13.1. The molecule has 1 heterocycles. The normalized spacial score (nSPS) is 11.7. The van der Waals surface area contributed by atoms with Crippen LogP contribution < -0.4 is 0 Å². The molecule has 96 valence electrons. The Labute approximate surface area is 111 Å². The van der Waals surface area contributed by atoms with Crippen molar-refractivity contribution >= 4 is 16.8 Å². The summed E-state index contributed by atoms with van der Waals surface area (Å²) in [6.45, 7) is 0. The largest absolute Gasteiger partial charge is 0.475 e. The molecule has 0 radical (unpaired) electrons. The van der Waals surface area contributed by atoms with Gasteiger partial charge in [0.25, 0.3) is 0 Å². The summed E-state index contributed by atoms with van der Waals surface area (Å²) < 4.78 is 16.9. The van der Waals surface area contributed by atoms with Crippen molar-refractivity contribution in [1.29, 1.82) is 5.26 Å². The smallest absolute Gasteiger partial charge is 0.371 e. The Bertz CT molecular complexity index is 667. The van der Waals surface area contributed by atoms with Gasteiger partial charge in [-0.15, -0.1) is 0 Å². The molecule has 5 nitrogen and oxygen atoms in total.